The molecule has 0 aromatic heterocycles. The van der Waals surface area contributed by atoms with Crippen LogP contribution in [0, 0.1) is 0 Å². The molecule has 0 unspecified atom stereocenters. The normalized spacial score (nSPS) is 11.2. The lowest BCUT2D eigenvalue weighted by atomic mass is 9.80. The molecule has 2 N–H and O–H groups in total. The second kappa shape index (κ2) is 6.18. The minimum atomic E-state index is -1.46. The lowest BCUT2D eigenvalue weighted by Gasteiger charge is -2.07. The Hall–Kier alpha value is -2.11. The molecule has 0 fully saturated rings. The summed E-state index contributed by atoms with van der Waals surface area (Å²) in [6, 6.07) is 16.5. The number of oxime groups is 1. The van der Waals surface area contributed by atoms with Gasteiger partial charge in [-0.2, -0.15) is 0 Å². The van der Waals surface area contributed by atoms with Crippen LogP contribution in [-0.4, -0.2) is 30.0 Å². The zero-order valence-electron chi connectivity index (χ0n) is 10.5. The smallest absolute Gasteiger partial charge is 0.423 e. The Morgan fingerprint density at radius 1 is 0.947 bits per heavy atom. The van der Waals surface area contributed by atoms with E-state index in [-0.39, 0.29) is 0 Å². The number of hydrogen-bond acceptors (Lipinski definition) is 4. The number of rotatable bonds is 4. The third-order valence-electron chi connectivity index (χ3n) is 2.71. The van der Waals surface area contributed by atoms with Crippen molar-refractivity contribution >= 4 is 18.3 Å². The van der Waals surface area contributed by atoms with Crippen molar-refractivity contribution in [3.63, 3.8) is 0 Å². The Labute approximate surface area is 112 Å². The van der Waals surface area contributed by atoms with Gasteiger partial charge in [0.1, 0.15) is 12.8 Å². The van der Waals surface area contributed by atoms with Crippen LogP contribution < -0.4 is 5.46 Å². The molecule has 0 aliphatic carbocycles. The molecule has 0 aliphatic rings. The molecule has 19 heavy (non-hydrogen) atoms. The molecule has 2 aromatic carbocycles. The van der Waals surface area contributed by atoms with Gasteiger partial charge >= 0.3 is 7.12 Å². The van der Waals surface area contributed by atoms with Crippen LogP contribution in [0.5, 0.6) is 0 Å². The minimum Gasteiger partial charge on any atom is -0.423 e. The topological polar surface area (TPSA) is 62.0 Å². The predicted octanol–water partition coefficient (Wildman–Crippen LogP) is 0.765. The van der Waals surface area contributed by atoms with Gasteiger partial charge in [-0.1, -0.05) is 59.8 Å². The first-order chi connectivity index (χ1) is 9.22. The van der Waals surface area contributed by atoms with E-state index in [2.05, 4.69) is 5.16 Å². The molecule has 2 aromatic rings. The molecule has 96 valence electrons. The maximum Gasteiger partial charge on any atom is 0.488 e. The second-order valence-electron chi connectivity index (χ2n) is 3.98. The van der Waals surface area contributed by atoms with E-state index in [1.54, 1.807) is 24.3 Å². The molecule has 0 saturated carbocycles. The van der Waals surface area contributed by atoms with Crippen molar-refractivity contribution in [1.82, 2.24) is 0 Å². The van der Waals surface area contributed by atoms with Gasteiger partial charge in [-0.05, 0) is 5.46 Å². The lowest BCUT2D eigenvalue weighted by molar-refractivity contribution is 0.214. The molecule has 0 atom stereocenters. The van der Waals surface area contributed by atoms with Crippen LogP contribution in [0.4, 0.5) is 0 Å². The SMILES string of the molecule is CON=C(c1ccccc1)c1ccc(B(O)O)cc1. The number of hydrogen-bond donors (Lipinski definition) is 2. The molecule has 0 spiro atoms. The van der Waals surface area contributed by atoms with Gasteiger partial charge in [0.25, 0.3) is 0 Å². The molecule has 0 heterocycles. The summed E-state index contributed by atoms with van der Waals surface area (Å²) in [6.07, 6.45) is 0. The molecule has 5 heteroatoms. The first-order valence-electron chi connectivity index (χ1n) is 5.85. The summed E-state index contributed by atoms with van der Waals surface area (Å²) in [4.78, 5) is 4.88. The third kappa shape index (κ3) is 3.22. The van der Waals surface area contributed by atoms with E-state index in [0.717, 1.165) is 11.1 Å². The van der Waals surface area contributed by atoms with Crippen molar-refractivity contribution in [2.45, 2.75) is 0 Å². The molecule has 0 bridgehead atoms. The van der Waals surface area contributed by atoms with E-state index in [1.807, 2.05) is 30.3 Å². The molecule has 0 radical (unpaired) electrons. The largest absolute Gasteiger partial charge is 0.488 e. The van der Waals surface area contributed by atoms with Crippen LogP contribution in [0.25, 0.3) is 0 Å². The minimum absolute atomic E-state index is 0.438. The van der Waals surface area contributed by atoms with Crippen LogP contribution in [0.2, 0.25) is 0 Å². The van der Waals surface area contributed by atoms with E-state index in [1.165, 1.54) is 7.11 Å². The molecule has 0 aliphatic heterocycles. The summed E-state index contributed by atoms with van der Waals surface area (Å²) in [5.74, 6) is 0. The van der Waals surface area contributed by atoms with Crippen LogP contribution in [0.15, 0.2) is 59.8 Å². The summed E-state index contributed by atoms with van der Waals surface area (Å²) in [7, 11) is 0.0306. The average molecular weight is 255 g/mol. The summed E-state index contributed by atoms with van der Waals surface area (Å²) < 4.78 is 0. The highest BCUT2D eigenvalue weighted by Gasteiger charge is 2.12. The molecular formula is C14H14BNO3. The molecular weight excluding hydrogens is 241 g/mol. The Bertz CT molecular complexity index is 553. The first kappa shape index (κ1) is 13.3. The standard InChI is InChI=1S/C14H14BNO3/c1-19-16-14(11-5-3-2-4-6-11)12-7-9-13(10-8-12)15(17)18/h2-10,17-18H,1H3. The average Bonchev–Trinajstić information content (AvgIpc) is 2.46. The lowest BCUT2D eigenvalue weighted by Crippen LogP contribution is -2.29. The second-order valence-corrected chi connectivity index (χ2v) is 3.98. The quantitative estimate of drug-likeness (QED) is 0.481. The predicted molar refractivity (Wildman–Crippen MR) is 75.4 cm³/mol. The fraction of sp³-hybridized carbons (Fsp3) is 0.0714. The highest BCUT2D eigenvalue weighted by atomic mass is 16.6. The zero-order chi connectivity index (χ0) is 13.7. The molecule has 0 amide bonds. The van der Waals surface area contributed by atoms with Crippen molar-refractivity contribution in [3.05, 3.63) is 65.7 Å². The van der Waals surface area contributed by atoms with Gasteiger partial charge in [-0.15, -0.1) is 0 Å². The van der Waals surface area contributed by atoms with E-state index in [0.29, 0.717) is 11.2 Å². The summed E-state index contributed by atoms with van der Waals surface area (Å²) in [5.41, 5.74) is 2.91. The molecule has 2 rings (SSSR count). The Morgan fingerprint density at radius 3 is 2.05 bits per heavy atom. The maximum absolute atomic E-state index is 9.07. The van der Waals surface area contributed by atoms with Crippen molar-refractivity contribution < 1.29 is 14.9 Å². The monoisotopic (exact) mass is 255 g/mol. The van der Waals surface area contributed by atoms with Crippen molar-refractivity contribution in [1.29, 1.82) is 0 Å². The fourth-order valence-corrected chi connectivity index (χ4v) is 1.77. The fourth-order valence-electron chi connectivity index (χ4n) is 1.77. The van der Waals surface area contributed by atoms with Crippen LogP contribution in [0.3, 0.4) is 0 Å². The van der Waals surface area contributed by atoms with Gasteiger partial charge in [-0.25, -0.2) is 0 Å². The summed E-state index contributed by atoms with van der Waals surface area (Å²) >= 11 is 0. The third-order valence-corrected chi connectivity index (χ3v) is 2.71. The van der Waals surface area contributed by atoms with Crippen molar-refractivity contribution in [2.75, 3.05) is 7.11 Å². The van der Waals surface area contributed by atoms with Crippen LogP contribution in [0.1, 0.15) is 11.1 Å². The zero-order valence-corrected chi connectivity index (χ0v) is 10.5. The summed E-state index contributed by atoms with van der Waals surface area (Å²) in [6.45, 7) is 0. The van der Waals surface area contributed by atoms with E-state index in [4.69, 9.17) is 14.9 Å². The van der Waals surface area contributed by atoms with Gasteiger partial charge in [0.2, 0.25) is 0 Å². The van der Waals surface area contributed by atoms with Gasteiger partial charge < -0.3 is 14.9 Å². The van der Waals surface area contributed by atoms with E-state index >= 15 is 0 Å². The maximum atomic E-state index is 9.07. The van der Waals surface area contributed by atoms with E-state index < -0.39 is 7.12 Å². The number of nitrogens with zero attached hydrogens (tertiary/aromatic N) is 1. The van der Waals surface area contributed by atoms with Gasteiger partial charge in [0.05, 0.1) is 0 Å². The van der Waals surface area contributed by atoms with Gasteiger partial charge in [-0.3, -0.25) is 0 Å². The highest BCUT2D eigenvalue weighted by Crippen LogP contribution is 2.10. The van der Waals surface area contributed by atoms with Gasteiger partial charge in [0, 0.05) is 11.1 Å². The van der Waals surface area contributed by atoms with E-state index in [9.17, 15) is 0 Å². The Kier molecular flexibility index (Phi) is 4.33. The molecule has 0 saturated heterocycles. The van der Waals surface area contributed by atoms with Crippen LogP contribution in [-0.2, 0) is 4.84 Å². The van der Waals surface area contributed by atoms with Crippen LogP contribution >= 0.6 is 0 Å². The molecule has 4 nitrogen and oxygen atoms in total. The van der Waals surface area contributed by atoms with Crippen molar-refractivity contribution in [2.24, 2.45) is 5.16 Å². The van der Waals surface area contributed by atoms with Gasteiger partial charge in [0.15, 0.2) is 0 Å². The highest BCUT2D eigenvalue weighted by molar-refractivity contribution is 6.58. The number of benzene rings is 2. The Morgan fingerprint density at radius 2 is 1.53 bits per heavy atom. The summed E-state index contributed by atoms with van der Waals surface area (Å²) in [5, 5.41) is 22.2. The Balaban J connectivity index is 2.38. The first-order valence-corrected chi connectivity index (χ1v) is 5.85. The van der Waals surface area contributed by atoms with Crippen molar-refractivity contribution in [3.8, 4) is 0 Å².